The third kappa shape index (κ3) is 4.18. The fourth-order valence-electron chi connectivity index (χ4n) is 1.94. The van der Waals surface area contributed by atoms with Crippen LogP contribution in [0.5, 0.6) is 0 Å². The molecule has 1 aromatic carbocycles. The van der Waals surface area contributed by atoms with Gasteiger partial charge in [0.1, 0.15) is 12.4 Å². The number of alkyl halides is 3. The van der Waals surface area contributed by atoms with Crippen LogP contribution in [0.25, 0.3) is 0 Å². The van der Waals surface area contributed by atoms with E-state index >= 15 is 0 Å². The number of rotatable bonds is 3. The summed E-state index contributed by atoms with van der Waals surface area (Å²) in [7, 11) is 0. The number of amides is 4. The van der Waals surface area contributed by atoms with Crippen molar-refractivity contribution in [3.8, 4) is 0 Å². The van der Waals surface area contributed by atoms with E-state index in [9.17, 15) is 31.9 Å². The molecule has 1 saturated heterocycles. The lowest BCUT2D eigenvalue weighted by Crippen LogP contribution is -2.51. The van der Waals surface area contributed by atoms with Crippen molar-refractivity contribution in [2.24, 2.45) is 0 Å². The van der Waals surface area contributed by atoms with Gasteiger partial charge < -0.3 is 10.2 Å². The molecule has 1 aliphatic rings. The summed E-state index contributed by atoms with van der Waals surface area (Å²) in [5.41, 5.74) is -1.76. The zero-order valence-electron chi connectivity index (χ0n) is 11.5. The Labute approximate surface area is 127 Å². The van der Waals surface area contributed by atoms with Crippen molar-refractivity contribution in [1.29, 1.82) is 0 Å². The average molecular weight is 333 g/mol. The highest BCUT2D eigenvalue weighted by Gasteiger charge is 2.34. The molecular formula is C13H11F4N3O3. The number of hydrogen-bond acceptors (Lipinski definition) is 3. The topological polar surface area (TPSA) is 78.5 Å². The number of hydrogen-bond donors (Lipinski definition) is 2. The molecule has 1 fully saturated rings. The van der Waals surface area contributed by atoms with E-state index in [2.05, 4.69) is 5.32 Å². The van der Waals surface area contributed by atoms with Crippen LogP contribution < -0.4 is 10.6 Å². The number of anilines is 1. The molecule has 1 aliphatic heterocycles. The van der Waals surface area contributed by atoms with E-state index in [1.807, 2.05) is 5.32 Å². The van der Waals surface area contributed by atoms with Crippen LogP contribution in [-0.4, -0.2) is 35.8 Å². The first kappa shape index (κ1) is 16.7. The Bertz CT molecular complexity index is 660. The minimum Gasteiger partial charge on any atom is -0.325 e. The first-order valence-electron chi connectivity index (χ1n) is 6.42. The van der Waals surface area contributed by atoms with E-state index in [0.29, 0.717) is 12.1 Å². The molecule has 0 radical (unpaired) electrons. The molecule has 0 saturated carbocycles. The van der Waals surface area contributed by atoms with Crippen LogP contribution in [0.2, 0.25) is 0 Å². The van der Waals surface area contributed by atoms with Gasteiger partial charge in [-0.15, -0.1) is 0 Å². The van der Waals surface area contributed by atoms with Crippen LogP contribution in [0.1, 0.15) is 12.0 Å². The van der Waals surface area contributed by atoms with Crippen LogP contribution in [0, 0.1) is 5.82 Å². The monoisotopic (exact) mass is 333 g/mol. The van der Waals surface area contributed by atoms with E-state index < -0.39 is 41.9 Å². The van der Waals surface area contributed by atoms with Gasteiger partial charge in [-0.1, -0.05) is 0 Å². The van der Waals surface area contributed by atoms with Crippen molar-refractivity contribution in [3.63, 3.8) is 0 Å². The first-order valence-corrected chi connectivity index (χ1v) is 6.42. The Kier molecular flexibility index (Phi) is 4.52. The third-order valence-electron chi connectivity index (χ3n) is 3.03. The van der Waals surface area contributed by atoms with Crippen molar-refractivity contribution < 1.29 is 31.9 Å². The lowest BCUT2D eigenvalue weighted by atomic mass is 10.2. The number of benzene rings is 1. The maximum Gasteiger partial charge on any atom is 0.419 e. The SMILES string of the molecule is O=C1CCN(CC(=O)Nc2ccc(F)c(C(F)(F)F)c2)C(=O)N1. The molecule has 0 spiro atoms. The lowest BCUT2D eigenvalue weighted by Gasteiger charge is -2.25. The van der Waals surface area contributed by atoms with Gasteiger partial charge in [0.15, 0.2) is 0 Å². The summed E-state index contributed by atoms with van der Waals surface area (Å²) < 4.78 is 50.9. The molecule has 0 bridgehead atoms. The molecule has 0 aliphatic carbocycles. The van der Waals surface area contributed by atoms with E-state index in [0.717, 1.165) is 11.0 Å². The van der Waals surface area contributed by atoms with Gasteiger partial charge in [0, 0.05) is 18.7 Å². The molecule has 124 valence electrons. The lowest BCUT2D eigenvalue weighted by molar-refractivity contribution is -0.140. The maximum atomic E-state index is 13.1. The first-order chi connectivity index (χ1) is 10.7. The molecular weight excluding hydrogens is 322 g/mol. The summed E-state index contributed by atoms with van der Waals surface area (Å²) in [5.74, 6) is -2.70. The van der Waals surface area contributed by atoms with Gasteiger partial charge >= 0.3 is 12.2 Å². The number of halogens is 4. The van der Waals surface area contributed by atoms with E-state index in [1.54, 1.807) is 0 Å². The number of nitrogens with zero attached hydrogens (tertiary/aromatic N) is 1. The van der Waals surface area contributed by atoms with Gasteiger partial charge in [-0.05, 0) is 18.2 Å². The molecule has 0 aromatic heterocycles. The minimum atomic E-state index is -4.89. The van der Waals surface area contributed by atoms with Gasteiger partial charge in [-0.25, -0.2) is 9.18 Å². The number of carbonyl (C=O) groups is 3. The molecule has 1 aromatic rings. The highest BCUT2D eigenvalue weighted by atomic mass is 19.4. The second-order valence-corrected chi connectivity index (χ2v) is 4.77. The van der Waals surface area contributed by atoms with Crippen molar-refractivity contribution in [2.75, 3.05) is 18.4 Å². The van der Waals surface area contributed by atoms with Crippen molar-refractivity contribution in [2.45, 2.75) is 12.6 Å². The van der Waals surface area contributed by atoms with Crippen LogP contribution in [0.15, 0.2) is 18.2 Å². The normalized spacial score (nSPS) is 15.4. The van der Waals surface area contributed by atoms with Crippen molar-refractivity contribution in [1.82, 2.24) is 10.2 Å². The number of urea groups is 1. The molecule has 4 amide bonds. The number of imide groups is 1. The summed E-state index contributed by atoms with van der Waals surface area (Å²) in [6, 6.07) is 1.27. The second-order valence-electron chi connectivity index (χ2n) is 4.77. The molecule has 2 rings (SSSR count). The molecule has 23 heavy (non-hydrogen) atoms. The summed E-state index contributed by atoms with van der Waals surface area (Å²) >= 11 is 0. The van der Waals surface area contributed by atoms with E-state index in [-0.39, 0.29) is 18.7 Å². The summed E-state index contributed by atoms with van der Waals surface area (Å²) in [6.07, 6.45) is -4.87. The van der Waals surface area contributed by atoms with Gasteiger partial charge in [0.05, 0.1) is 5.56 Å². The largest absolute Gasteiger partial charge is 0.419 e. The molecule has 0 atom stereocenters. The fraction of sp³-hybridized carbons (Fsp3) is 0.308. The van der Waals surface area contributed by atoms with Gasteiger partial charge in [-0.3, -0.25) is 14.9 Å². The molecule has 0 unspecified atom stereocenters. The van der Waals surface area contributed by atoms with Crippen LogP contribution in [0.3, 0.4) is 0 Å². The smallest absolute Gasteiger partial charge is 0.325 e. The Morgan fingerprint density at radius 1 is 1.30 bits per heavy atom. The van der Waals surface area contributed by atoms with Crippen molar-refractivity contribution >= 4 is 23.5 Å². The predicted molar refractivity (Wildman–Crippen MR) is 69.8 cm³/mol. The fourth-order valence-corrected chi connectivity index (χ4v) is 1.94. The quantitative estimate of drug-likeness (QED) is 0.827. The summed E-state index contributed by atoms with van der Waals surface area (Å²) in [5, 5.41) is 4.15. The Hall–Kier alpha value is -2.65. The second kappa shape index (κ2) is 6.23. The molecule has 1 heterocycles. The van der Waals surface area contributed by atoms with Crippen LogP contribution >= 0.6 is 0 Å². The predicted octanol–water partition coefficient (Wildman–Crippen LogP) is 1.72. The van der Waals surface area contributed by atoms with E-state index in [1.165, 1.54) is 0 Å². The molecule has 2 N–H and O–H groups in total. The molecule has 10 heteroatoms. The van der Waals surface area contributed by atoms with E-state index in [4.69, 9.17) is 0 Å². The Morgan fingerprint density at radius 3 is 2.61 bits per heavy atom. The number of nitrogens with one attached hydrogen (secondary N) is 2. The maximum absolute atomic E-state index is 13.1. The van der Waals surface area contributed by atoms with Crippen LogP contribution in [-0.2, 0) is 15.8 Å². The zero-order valence-corrected chi connectivity index (χ0v) is 11.5. The average Bonchev–Trinajstić information content (AvgIpc) is 2.43. The van der Waals surface area contributed by atoms with Gasteiger partial charge in [-0.2, -0.15) is 13.2 Å². The zero-order chi connectivity index (χ0) is 17.2. The number of carbonyl (C=O) groups excluding carboxylic acids is 3. The Balaban J connectivity index is 2.03. The third-order valence-corrected chi connectivity index (χ3v) is 3.03. The summed E-state index contributed by atoms with van der Waals surface area (Å²) in [6.45, 7) is -0.423. The molecule has 6 nitrogen and oxygen atoms in total. The Morgan fingerprint density at radius 2 is 2.00 bits per heavy atom. The van der Waals surface area contributed by atoms with Gasteiger partial charge in [0.2, 0.25) is 11.8 Å². The minimum absolute atomic E-state index is 0.0216. The summed E-state index contributed by atoms with van der Waals surface area (Å²) in [4.78, 5) is 35.2. The standard InChI is InChI=1S/C13H11F4N3O3/c14-9-2-1-7(5-8(9)13(15,16)17)18-11(22)6-20-4-3-10(21)19-12(20)23/h1-2,5H,3-4,6H2,(H,18,22)(H,19,21,23). The van der Waals surface area contributed by atoms with Crippen molar-refractivity contribution in [3.05, 3.63) is 29.6 Å². The van der Waals surface area contributed by atoms with Gasteiger partial charge in [0.25, 0.3) is 0 Å². The van der Waals surface area contributed by atoms with Crippen LogP contribution in [0.4, 0.5) is 28.0 Å². The highest BCUT2D eigenvalue weighted by molar-refractivity contribution is 6.00. The highest BCUT2D eigenvalue weighted by Crippen LogP contribution is 2.32.